The van der Waals surface area contributed by atoms with Gasteiger partial charge in [0.2, 0.25) is 10.0 Å². The highest BCUT2D eigenvalue weighted by Gasteiger charge is 2.26. The number of nitrogens with zero attached hydrogens (tertiary/aromatic N) is 1. The number of ether oxygens (including phenoxy) is 1. The lowest BCUT2D eigenvalue weighted by molar-refractivity contribution is 0.199. The van der Waals surface area contributed by atoms with Crippen molar-refractivity contribution in [3.05, 3.63) is 0 Å². The minimum Gasteiger partial charge on any atom is -0.385 e. The van der Waals surface area contributed by atoms with Crippen molar-refractivity contribution >= 4 is 21.6 Å². The second kappa shape index (κ2) is 6.03. The van der Waals surface area contributed by atoms with Crippen LogP contribution in [0.5, 0.6) is 0 Å². The molecule has 0 N–H and O–H groups in total. The molecular weight excluding hydrogens is 238 g/mol. The molecule has 0 aromatic heterocycles. The number of piperidine rings is 1. The predicted molar refractivity (Wildman–Crippen MR) is 60.7 cm³/mol. The monoisotopic (exact) mass is 255 g/mol. The lowest BCUT2D eigenvalue weighted by Crippen LogP contribution is -2.40. The Labute approximate surface area is 96.6 Å². The summed E-state index contributed by atoms with van der Waals surface area (Å²) in [6.07, 6.45) is 2.07. The van der Waals surface area contributed by atoms with E-state index in [1.807, 2.05) is 0 Å². The Morgan fingerprint density at radius 3 is 2.53 bits per heavy atom. The van der Waals surface area contributed by atoms with Gasteiger partial charge in [0.15, 0.2) is 0 Å². The first-order valence-electron chi connectivity index (χ1n) is 5.17. The molecule has 0 amide bonds. The highest BCUT2D eigenvalue weighted by atomic mass is 35.5. The van der Waals surface area contributed by atoms with E-state index in [1.165, 1.54) is 0 Å². The van der Waals surface area contributed by atoms with E-state index in [2.05, 4.69) is 0 Å². The van der Waals surface area contributed by atoms with E-state index in [4.69, 9.17) is 16.3 Å². The molecule has 90 valence electrons. The zero-order valence-electron chi connectivity index (χ0n) is 8.99. The van der Waals surface area contributed by atoms with Gasteiger partial charge in [-0.2, -0.15) is 0 Å². The summed E-state index contributed by atoms with van der Waals surface area (Å²) in [4.78, 5) is 0. The van der Waals surface area contributed by atoms with Gasteiger partial charge in [-0.05, 0) is 19.3 Å². The van der Waals surface area contributed by atoms with Crippen LogP contribution in [0, 0.1) is 0 Å². The summed E-state index contributed by atoms with van der Waals surface area (Å²) in [6.45, 7) is 1.61. The fourth-order valence-corrected chi connectivity index (χ4v) is 3.32. The van der Waals surface area contributed by atoms with E-state index in [0.29, 0.717) is 26.1 Å². The fraction of sp³-hybridized carbons (Fsp3) is 1.00. The molecule has 0 radical (unpaired) electrons. The molecule has 1 heterocycles. The second-order valence-corrected chi connectivity index (χ2v) is 6.44. The van der Waals surface area contributed by atoms with E-state index in [1.54, 1.807) is 11.4 Å². The Kier molecular flexibility index (Phi) is 5.32. The van der Waals surface area contributed by atoms with Crippen LogP contribution in [0.3, 0.4) is 0 Å². The molecule has 1 fully saturated rings. The van der Waals surface area contributed by atoms with Gasteiger partial charge >= 0.3 is 0 Å². The van der Waals surface area contributed by atoms with Crippen LogP contribution in [0.4, 0.5) is 0 Å². The maximum absolute atomic E-state index is 11.8. The van der Waals surface area contributed by atoms with Crippen molar-refractivity contribution in [3.8, 4) is 0 Å². The maximum atomic E-state index is 11.8. The topological polar surface area (TPSA) is 46.6 Å². The third-order valence-corrected chi connectivity index (χ3v) is 4.92. The molecule has 0 spiro atoms. The summed E-state index contributed by atoms with van der Waals surface area (Å²) < 4.78 is 30.0. The molecule has 4 nitrogen and oxygen atoms in total. The Hall–Kier alpha value is 0.160. The molecule has 0 aromatic rings. The van der Waals surface area contributed by atoms with Crippen LogP contribution in [0.15, 0.2) is 0 Å². The number of alkyl halides is 1. The first-order valence-corrected chi connectivity index (χ1v) is 7.21. The van der Waals surface area contributed by atoms with Gasteiger partial charge in [-0.1, -0.05) is 0 Å². The Morgan fingerprint density at radius 1 is 1.40 bits per heavy atom. The van der Waals surface area contributed by atoms with E-state index in [-0.39, 0.29) is 11.1 Å². The summed E-state index contributed by atoms with van der Waals surface area (Å²) in [5.41, 5.74) is 0. The standard InChI is InChI=1S/C9H18ClNO3S/c1-14-7-2-8-15(12,13)11-5-3-9(10)4-6-11/h9H,2-8H2,1H3. The minimum absolute atomic E-state index is 0.135. The SMILES string of the molecule is COCCCS(=O)(=O)N1CCC(Cl)CC1. The number of sulfonamides is 1. The van der Waals surface area contributed by atoms with Crippen molar-refractivity contribution in [1.29, 1.82) is 0 Å². The minimum atomic E-state index is -3.08. The normalized spacial score (nSPS) is 20.7. The van der Waals surface area contributed by atoms with Crippen molar-refractivity contribution in [2.45, 2.75) is 24.6 Å². The molecule has 1 aliphatic rings. The van der Waals surface area contributed by atoms with E-state index in [9.17, 15) is 8.42 Å². The van der Waals surface area contributed by atoms with Crippen LogP contribution >= 0.6 is 11.6 Å². The van der Waals surface area contributed by atoms with Gasteiger partial charge in [0.25, 0.3) is 0 Å². The molecule has 0 atom stereocenters. The van der Waals surface area contributed by atoms with Gasteiger partial charge in [0.05, 0.1) is 5.75 Å². The molecule has 6 heteroatoms. The van der Waals surface area contributed by atoms with E-state index >= 15 is 0 Å². The molecule has 0 aliphatic carbocycles. The van der Waals surface area contributed by atoms with Gasteiger partial charge in [-0.3, -0.25) is 0 Å². The van der Waals surface area contributed by atoms with Crippen LogP contribution in [0.2, 0.25) is 0 Å². The Bertz CT molecular complexity index is 273. The zero-order valence-corrected chi connectivity index (χ0v) is 10.6. The molecular formula is C9H18ClNO3S. The van der Waals surface area contributed by atoms with E-state index < -0.39 is 10.0 Å². The van der Waals surface area contributed by atoms with Crippen molar-refractivity contribution in [1.82, 2.24) is 4.31 Å². The third kappa shape index (κ3) is 4.26. The first-order chi connectivity index (χ1) is 7.06. The Balaban J connectivity index is 2.40. The summed E-state index contributed by atoms with van der Waals surface area (Å²) in [5.74, 6) is 0.174. The maximum Gasteiger partial charge on any atom is 0.214 e. The lowest BCUT2D eigenvalue weighted by atomic mass is 10.2. The summed E-state index contributed by atoms with van der Waals surface area (Å²) in [5, 5.41) is 0.135. The molecule has 1 aliphatic heterocycles. The highest BCUT2D eigenvalue weighted by Crippen LogP contribution is 2.18. The van der Waals surface area contributed by atoms with Crippen molar-refractivity contribution < 1.29 is 13.2 Å². The first kappa shape index (κ1) is 13.2. The third-order valence-electron chi connectivity index (χ3n) is 2.53. The fourth-order valence-electron chi connectivity index (χ4n) is 1.62. The molecule has 15 heavy (non-hydrogen) atoms. The summed E-state index contributed by atoms with van der Waals surface area (Å²) in [7, 11) is -1.51. The summed E-state index contributed by atoms with van der Waals surface area (Å²) in [6, 6.07) is 0. The molecule has 0 bridgehead atoms. The van der Waals surface area contributed by atoms with Crippen LogP contribution < -0.4 is 0 Å². The smallest absolute Gasteiger partial charge is 0.214 e. The van der Waals surface area contributed by atoms with Crippen LogP contribution in [0.1, 0.15) is 19.3 Å². The van der Waals surface area contributed by atoms with Crippen molar-refractivity contribution in [3.63, 3.8) is 0 Å². The van der Waals surface area contributed by atoms with E-state index in [0.717, 1.165) is 12.8 Å². The number of halogens is 1. The number of hydrogen-bond acceptors (Lipinski definition) is 3. The van der Waals surface area contributed by atoms with Gasteiger partial charge < -0.3 is 4.74 Å². The number of hydrogen-bond donors (Lipinski definition) is 0. The lowest BCUT2D eigenvalue weighted by Gasteiger charge is -2.28. The predicted octanol–water partition coefficient (Wildman–Crippen LogP) is 1.06. The van der Waals surface area contributed by atoms with Crippen molar-refractivity contribution in [2.24, 2.45) is 0 Å². The summed E-state index contributed by atoms with van der Waals surface area (Å²) >= 11 is 5.92. The van der Waals surface area contributed by atoms with Gasteiger partial charge in [0.1, 0.15) is 0 Å². The number of methoxy groups -OCH3 is 1. The van der Waals surface area contributed by atoms with Gasteiger partial charge in [0, 0.05) is 32.2 Å². The molecule has 0 unspecified atom stereocenters. The molecule has 0 aromatic carbocycles. The van der Waals surface area contributed by atoms with Gasteiger partial charge in [-0.15, -0.1) is 11.6 Å². The van der Waals surface area contributed by atoms with Crippen molar-refractivity contribution in [2.75, 3.05) is 32.6 Å². The Morgan fingerprint density at radius 2 is 2.00 bits per heavy atom. The van der Waals surface area contributed by atoms with Crippen LogP contribution in [-0.4, -0.2) is 50.7 Å². The molecule has 1 saturated heterocycles. The average molecular weight is 256 g/mol. The average Bonchev–Trinajstić information content (AvgIpc) is 2.18. The quantitative estimate of drug-likeness (QED) is 0.545. The highest BCUT2D eigenvalue weighted by molar-refractivity contribution is 7.89. The molecule has 0 saturated carbocycles. The molecule has 1 rings (SSSR count). The zero-order chi connectivity index (χ0) is 11.3. The number of rotatable bonds is 5. The van der Waals surface area contributed by atoms with Gasteiger partial charge in [-0.25, -0.2) is 12.7 Å². The largest absolute Gasteiger partial charge is 0.385 e. The second-order valence-electron chi connectivity index (χ2n) is 3.74. The van der Waals surface area contributed by atoms with Crippen LogP contribution in [-0.2, 0) is 14.8 Å². The van der Waals surface area contributed by atoms with Crippen LogP contribution in [0.25, 0.3) is 0 Å².